The number of carbonyl (C=O) groups is 2. The normalized spacial score (nSPS) is 13.2. The maximum atomic E-state index is 13.1. The van der Waals surface area contributed by atoms with Crippen molar-refractivity contribution >= 4 is 11.8 Å². The van der Waals surface area contributed by atoms with Crippen molar-refractivity contribution in [1.29, 1.82) is 0 Å². The van der Waals surface area contributed by atoms with Crippen LogP contribution in [-0.2, 0) is 15.8 Å². The van der Waals surface area contributed by atoms with Crippen LogP contribution in [0.15, 0.2) is 48.5 Å². The van der Waals surface area contributed by atoms with Gasteiger partial charge in [-0.05, 0) is 41.8 Å². The lowest BCUT2D eigenvalue weighted by Crippen LogP contribution is -2.34. The van der Waals surface area contributed by atoms with Crippen molar-refractivity contribution in [3.05, 3.63) is 65.2 Å². The summed E-state index contributed by atoms with van der Waals surface area (Å²) < 4.78 is 44.4. The van der Waals surface area contributed by atoms with Crippen LogP contribution in [0.2, 0.25) is 0 Å². The van der Waals surface area contributed by atoms with Crippen molar-refractivity contribution < 1.29 is 27.5 Å². The number of alkyl halides is 3. The fraction of sp³-hybridized carbons (Fsp3) is 0.391. The molecule has 0 heterocycles. The van der Waals surface area contributed by atoms with Crippen LogP contribution >= 0.6 is 0 Å². The molecule has 0 radical (unpaired) electrons. The molecular formula is C23H27F3N2O3. The second-order valence-electron chi connectivity index (χ2n) is 7.26. The van der Waals surface area contributed by atoms with E-state index in [0.29, 0.717) is 24.2 Å². The number of halogens is 3. The van der Waals surface area contributed by atoms with Crippen molar-refractivity contribution in [2.75, 3.05) is 7.11 Å². The van der Waals surface area contributed by atoms with E-state index in [1.54, 1.807) is 30.3 Å². The molecule has 0 fully saturated rings. The van der Waals surface area contributed by atoms with Gasteiger partial charge in [0.2, 0.25) is 11.8 Å². The topological polar surface area (TPSA) is 67.4 Å². The van der Waals surface area contributed by atoms with E-state index in [2.05, 4.69) is 10.6 Å². The summed E-state index contributed by atoms with van der Waals surface area (Å²) in [6, 6.07) is 10.8. The minimum Gasteiger partial charge on any atom is -0.497 e. The van der Waals surface area contributed by atoms with Gasteiger partial charge in [-0.25, -0.2) is 0 Å². The molecule has 31 heavy (non-hydrogen) atoms. The molecule has 8 heteroatoms. The average molecular weight is 436 g/mol. The summed E-state index contributed by atoms with van der Waals surface area (Å²) in [6.45, 7) is 3.25. The van der Waals surface area contributed by atoms with Crippen LogP contribution in [0.4, 0.5) is 13.2 Å². The van der Waals surface area contributed by atoms with E-state index in [9.17, 15) is 22.8 Å². The number of carbonyl (C=O) groups excluding carboxylic acids is 2. The Morgan fingerprint density at radius 3 is 2.23 bits per heavy atom. The van der Waals surface area contributed by atoms with Gasteiger partial charge in [0.05, 0.1) is 31.2 Å². The van der Waals surface area contributed by atoms with Crippen LogP contribution in [0.1, 0.15) is 61.9 Å². The monoisotopic (exact) mass is 436 g/mol. The minimum absolute atomic E-state index is 0.0505. The molecule has 0 spiro atoms. The third-order valence-electron chi connectivity index (χ3n) is 4.81. The Kier molecular flexibility index (Phi) is 8.47. The molecule has 0 aromatic heterocycles. The maximum absolute atomic E-state index is 13.1. The SMILES string of the molecule is CCCC(NC(=O)CC(NC(C)=O)c1ccc(OC)cc1)c1cccc(C(F)(F)F)c1. The van der Waals surface area contributed by atoms with Gasteiger partial charge in [-0.15, -0.1) is 0 Å². The van der Waals surface area contributed by atoms with E-state index in [4.69, 9.17) is 4.74 Å². The van der Waals surface area contributed by atoms with Gasteiger partial charge in [0, 0.05) is 6.92 Å². The van der Waals surface area contributed by atoms with Crippen molar-refractivity contribution in [1.82, 2.24) is 10.6 Å². The Labute approximate surface area is 180 Å². The molecule has 0 saturated carbocycles. The zero-order chi connectivity index (χ0) is 23.0. The first-order valence-electron chi connectivity index (χ1n) is 10.0. The van der Waals surface area contributed by atoms with Gasteiger partial charge in [-0.1, -0.05) is 37.6 Å². The lowest BCUT2D eigenvalue weighted by atomic mass is 9.98. The third kappa shape index (κ3) is 7.31. The van der Waals surface area contributed by atoms with Crippen molar-refractivity contribution in [2.24, 2.45) is 0 Å². The van der Waals surface area contributed by atoms with E-state index >= 15 is 0 Å². The lowest BCUT2D eigenvalue weighted by Gasteiger charge is -2.23. The number of hydrogen-bond donors (Lipinski definition) is 2. The highest BCUT2D eigenvalue weighted by atomic mass is 19.4. The average Bonchev–Trinajstić information content (AvgIpc) is 2.72. The van der Waals surface area contributed by atoms with Crippen molar-refractivity contribution in [3.63, 3.8) is 0 Å². The summed E-state index contributed by atoms with van der Waals surface area (Å²) in [7, 11) is 1.54. The van der Waals surface area contributed by atoms with Gasteiger partial charge in [0.25, 0.3) is 0 Å². The minimum atomic E-state index is -4.46. The summed E-state index contributed by atoms with van der Waals surface area (Å²) in [5.74, 6) is -0.0237. The van der Waals surface area contributed by atoms with Gasteiger partial charge in [0.1, 0.15) is 5.75 Å². The van der Waals surface area contributed by atoms with E-state index < -0.39 is 23.8 Å². The summed E-state index contributed by atoms with van der Waals surface area (Å²) in [5.41, 5.74) is 0.359. The molecule has 0 bridgehead atoms. The largest absolute Gasteiger partial charge is 0.497 e. The third-order valence-corrected chi connectivity index (χ3v) is 4.81. The standard InChI is InChI=1S/C23H27F3N2O3/c1-4-6-20(17-7-5-8-18(13-17)23(24,25)26)28-22(30)14-21(27-15(2)29)16-9-11-19(31-3)12-10-16/h5,7-13,20-21H,4,6,14H2,1-3H3,(H,27,29)(H,28,30). The van der Waals surface area contributed by atoms with E-state index in [1.807, 2.05) is 6.92 Å². The van der Waals surface area contributed by atoms with E-state index in [0.717, 1.165) is 17.7 Å². The van der Waals surface area contributed by atoms with Crippen LogP contribution in [0.3, 0.4) is 0 Å². The van der Waals surface area contributed by atoms with Crippen LogP contribution in [-0.4, -0.2) is 18.9 Å². The Morgan fingerprint density at radius 2 is 1.68 bits per heavy atom. The van der Waals surface area contributed by atoms with Crippen molar-refractivity contribution in [3.8, 4) is 5.75 Å². The molecule has 2 rings (SSSR count). The predicted octanol–water partition coefficient (Wildman–Crippen LogP) is 4.94. The number of ether oxygens (including phenoxy) is 1. The van der Waals surface area contributed by atoms with Crippen LogP contribution in [0, 0.1) is 0 Å². The van der Waals surface area contributed by atoms with Crippen LogP contribution in [0.5, 0.6) is 5.75 Å². The molecule has 2 N–H and O–H groups in total. The molecule has 2 atom stereocenters. The number of methoxy groups -OCH3 is 1. The molecule has 2 amide bonds. The molecule has 2 unspecified atom stereocenters. The fourth-order valence-corrected chi connectivity index (χ4v) is 3.32. The Morgan fingerprint density at radius 1 is 1.00 bits per heavy atom. The highest BCUT2D eigenvalue weighted by molar-refractivity contribution is 5.79. The second-order valence-corrected chi connectivity index (χ2v) is 7.26. The summed E-state index contributed by atoms with van der Waals surface area (Å²) >= 11 is 0. The number of nitrogens with one attached hydrogen (secondary N) is 2. The highest BCUT2D eigenvalue weighted by Crippen LogP contribution is 2.31. The molecule has 0 saturated heterocycles. The number of hydrogen-bond acceptors (Lipinski definition) is 3. The number of benzene rings is 2. The molecule has 2 aromatic carbocycles. The summed E-state index contributed by atoms with van der Waals surface area (Å²) in [4.78, 5) is 24.4. The van der Waals surface area contributed by atoms with Gasteiger partial charge in [-0.2, -0.15) is 13.2 Å². The zero-order valence-electron chi connectivity index (χ0n) is 17.8. The Bertz CT molecular complexity index is 882. The quantitative estimate of drug-likeness (QED) is 0.585. The van der Waals surface area contributed by atoms with Gasteiger partial charge in [0.15, 0.2) is 0 Å². The second kappa shape index (κ2) is 10.8. The molecule has 2 aromatic rings. The molecular weight excluding hydrogens is 409 g/mol. The van der Waals surface area contributed by atoms with Crippen LogP contribution < -0.4 is 15.4 Å². The first kappa shape index (κ1) is 24.2. The first-order chi connectivity index (χ1) is 14.6. The van der Waals surface area contributed by atoms with Crippen molar-refractivity contribution in [2.45, 2.75) is 51.4 Å². The lowest BCUT2D eigenvalue weighted by molar-refractivity contribution is -0.137. The Balaban J connectivity index is 2.18. The summed E-state index contributed by atoms with van der Waals surface area (Å²) in [6.07, 6.45) is -3.35. The smallest absolute Gasteiger partial charge is 0.416 e. The van der Waals surface area contributed by atoms with Gasteiger partial charge < -0.3 is 15.4 Å². The molecule has 5 nitrogen and oxygen atoms in total. The van der Waals surface area contributed by atoms with E-state index in [1.165, 1.54) is 20.1 Å². The molecule has 0 aliphatic heterocycles. The van der Waals surface area contributed by atoms with Gasteiger partial charge in [-0.3, -0.25) is 9.59 Å². The van der Waals surface area contributed by atoms with Crippen LogP contribution in [0.25, 0.3) is 0 Å². The zero-order valence-corrected chi connectivity index (χ0v) is 17.8. The highest BCUT2D eigenvalue weighted by Gasteiger charge is 2.31. The molecule has 0 aliphatic carbocycles. The summed E-state index contributed by atoms with van der Waals surface area (Å²) in [5, 5.41) is 5.58. The van der Waals surface area contributed by atoms with Gasteiger partial charge >= 0.3 is 6.18 Å². The predicted molar refractivity (Wildman–Crippen MR) is 111 cm³/mol. The molecule has 0 aliphatic rings. The number of amides is 2. The molecule has 168 valence electrons. The van der Waals surface area contributed by atoms with E-state index in [-0.39, 0.29) is 18.2 Å². The number of rotatable bonds is 9. The first-order valence-corrected chi connectivity index (χ1v) is 10.0. The maximum Gasteiger partial charge on any atom is 0.416 e. The fourth-order valence-electron chi connectivity index (χ4n) is 3.32. The Hall–Kier alpha value is -3.03.